The third-order valence-electron chi connectivity index (χ3n) is 5.69. The molecule has 0 saturated carbocycles. The quantitative estimate of drug-likeness (QED) is 0.539. The van der Waals surface area contributed by atoms with Gasteiger partial charge in [0.25, 0.3) is 0 Å². The van der Waals surface area contributed by atoms with Gasteiger partial charge in [-0.25, -0.2) is 9.18 Å². The standard InChI is InChI=1S/C23H25ClFNO5/c1-5-9-31-23(29)17-12(3)26-15-10-11(2)16(22(28)30-4)21(27)19(15)20(17)18-13(24)7-6-8-14(18)25/h6-8,11,16,20,26H,5,9-10H2,1-4H3/t11-,16-,20-/m1/s1. The number of carbonyl (C=O) groups is 3. The third kappa shape index (κ3) is 4.11. The highest BCUT2D eigenvalue weighted by Crippen LogP contribution is 2.47. The minimum absolute atomic E-state index is 0.00693. The average Bonchev–Trinajstić information content (AvgIpc) is 2.71. The van der Waals surface area contributed by atoms with Crippen LogP contribution in [0.4, 0.5) is 4.39 Å². The summed E-state index contributed by atoms with van der Waals surface area (Å²) in [6.45, 7) is 5.48. The van der Waals surface area contributed by atoms with Crippen LogP contribution < -0.4 is 5.32 Å². The van der Waals surface area contributed by atoms with Crippen LogP contribution in [0, 0.1) is 17.7 Å². The van der Waals surface area contributed by atoms with Crippen molar-refractivity contribution in [3.63, 3.8) is 0 Å². The number of Topliss-reactive ketones (excluding diaryl/α,β-unsaturated/α-hetero) is 1. The van der Waals surface area contributed by atoms with E-state index in [0.717, 1.165) is 0 Å². The summed E-state index contributed by atoms with van der Waals surface area (Å²) in [5, 5.41) is 3.20. The van der Waals surface area contributed by atoms with Crippen LogP contribution in [0.1, 0.15) is 45.1 Å². The highest BCUT2D eigenvalue weighted by Gasteiger charge is 2.48. The third-order valence-corrected chi connectivity index (χ3v) is 6.02. The van der Waals surface area contributed by atoms with Crippen molar-refractivity contribution in [1.29, 1.82) is 0 Å². The molecule has 0 amide bonds. The van der Waals surface area contributed by atoms with Crippen LogP contribution in [0.3, 0.4) is 0 Å². The first-order valence-corrected chi connectivity index (χ1v) is 10.5. The molecule has 3 rings (SSSR count). The summed E-state index contributed by atoms with van der Waals surface area (Å²) in [5.41, 5.74) is 1.26. The van der Waals surface area contributed by atoms with Crippen molar-refractivity contribution in [3.8, 4) is 0 Å². The molecule has 0 unspecified atom stereocenters. The topological polar surface area (TPSA) is 81.7 Å². The van der Waals surface area contributed by atoms with Gasteiger partial charge in [-0.1, -0.05) is 31.5 Å². The fourth-order valence-corrected chi connectivity index (χ4v) is 4.57. The second-order valence-electron chi connectivity index (χ2n) is 7.81. The fraction of sp³-hybridized carbons (Fsp3) is 0.435. The summed E-state index contributed by atoms with van der Waals surface area (Å²) in [5.74, 6) is -4.96. The monoisotopic (exact) mass is 449 g/mol. The lowest BCUT2D eigenvalue weighted by molar-refractivity contribution is -0.151. The highest BCUT2D eigenvalue weighted by molar-refractivity contribution is 6.31. The molecule has 31 heavy (non-hydrogen) atoms. The maximum Gasteiger partial charge on any atom is 0.336 e. The van der Waals surface area contributed by atoms with Crippen LogP contribution in [0.2, 0.25) is 5.02 Å². The number of methoxy groups -OCH3 is 1. The molecule has 0 radical (unpaired) electrons. The van der Waals surface area contributed by atoms with E-state index in [1.807, 2.05) is 6.92 Å². The largest absolute Gasteiger partial charge is 0.468 e. The molecule has 1 aliphatic carbocycles. The number of hydrogen-bond acceptors (Lipinski definition) is 6. The first-order chi connectivity index (χ1) is 14.7. The number of halogens is 2. The maximum absolute atomic E-state index is 15.0. The first kappa shape index (κ1) is 23.0. The van der Waals surface area contributed by atoms with Crippen LogP contribution in [-0.2, 0) is 23.9 Å². The van der Waals surface area contributed by atoms with E-state index >= 15 is 4.39 Å². The summed E-state index contributed by atoms with van der Waals surface area (Å²) in [6, 6.07) is 4.17. The van der Waals surface area contributed by atoms with Gasteiger partial charge in [-0.3, -0.25) is 9.59 Å². The molecule has 0 spiro atoms. The fourth-order valence-electron chi connectivity index (χ4n) is 4.30. The van der Waals surface area contributed by atoms with Gasteiger partial charge in [-0.15, -0.1) is 0 Å². The Bertz CT molecular complexity index is 979. The van der Waals surface area contributed by atoms with Crippen molar-refractivity contribution < 1.29 is 28.2 Å². The predicted octanol–water partition coefficient (Wildman–Crippen LogP) is 4.05. The van der Waals surface area contributed by atoms with Crippen molar-refractivity contribution in [2.24, 2.45) is 11.8 Å². The van der Waals surface area contributed by atoms with Gasteiger partial charge in [-0.05, 0) is 37.8 Å². The zero-order valence-corrected chi connectivity index (χ0v) is 18.6. The molecule has 6 nitrogen and oxygen atoms in total. The van der Waals surface area contributed by atoms with E-state index in [0.29, 0.717) is 24.2 Å². The van der Waals surface area contributed by atoms with Gasteiger partial charge in [0.05, 0.1) is 25.2 Å². The lowest BCUT2D eigenvalue weighted by Crippen LogP contribution is -2.43. The summed E-state index contributed by atoms with van der Waals surface area (Å²) in [4.78, 5) is 38.9. The normalized spacial score (nSPS) is 23.3. The number of nitrogens with one attached hydrogen (secondary N) is 1. The number of rotatable bonds is 5. The Hall–Kier alpha value is -2.67. The smallest absolute Gasteiger partial charge is 0.336 e. The van der Waals surface area contributed by atoms with Crippen molar-refractivity contribution in [3.05, 3.63) is 57.1 Å². The number of benzene rings is 1. The van der Waals surface area contributed by atoms with Crippen molar-refractivity contribution in [2.75, 3.05) is 13.7 Å². The zero-order valence-electron chi connectivity index (χ0n) is 17.9. The van der Waals surface area contributed by atoms with Crippen LogP contribution in [0.15, 0.2) is 40.7 Å². The minimum Gasteiger partial charge on any atom is -0.468 e. The molecule has 0 fully saturated rings. The van der Waals surface area contributed by atoms with Gasteiger partial charge in [0.2, 0.25) is 0 Å². The van der Waals surface area contributed by atoms with Gasteiger partial charge >= 0.3 is 11.9 Å². The molecule has 1 aliphatic heterocycles. The zero-order chi connectivity index (χ0) is 22.9. The lowest BCUT2D eigenvalue weighted by atomic mass is 9.69. The Morgan fingerprint density at radius 2 is 2.03 bits per heavy atom. The molecule has 2 aliphatic rings. The number of ether oxygens (including phenoxy) is 2. The van der Waals surface area contributed by atoms with Crippen LogP contribution in [-0.4, -0.2) is 31.4 Å². The van der Waals surface area contributed by atoms with Crippen LogP contribution in [0.25, 0.3) is 0 Å². The van der Waals surface area contributed by atoms with Crippen molar-refractivity contribution in [2.45, 2.75) is 39.5 Å². The van der Waals surface area contributed by atoms with Gasteiger partial charge < -0.3 is 14.8 Å². The molecule has 1 aromatic rings. The SMILES string of the molecule is CCCOC(=O)C1=C(C)NC2=C(C(=O)[C@H](C(=O)OC)[C@H](C)C2)[C@H]1c1c(F)cccc1Cl. The molecule has 0 bridgehead atoms. The number of carbonyl (C=O) groups excluding carboxylic acids is 3. The number of ketones is 1. The van der Waals surface area contributed by atoms with Crippen LogP contribution in [0.5, 0.6) is 0 Å². The van der Waals surface area contributed by atoms with E-state index in [2.05, 4.69) is 5.32 Å². The number of hydrogen-bond donors (Lipinski definition) is 1. The molecule has 0 aromatic heterocycles. The molecule has 1 aromatic carbocycles. The molecular weight excluding hydrogens is 425 g/mol. The summed E-state index contributed by atoms with van der Waals surface area (Å²) >= 11 is 6.36. The lowest BCUT2D eigenvalue weighted by Gasteiger charge is -2.38. The van der Waals surface area contributed by atoms with Crippen molar-refractivity contribution >= 4 is 29.3 Å². The van der Waals surface area contributed by atoms with Gasteiger partial charge in [-0.2, -0.15) is 0 Å². The van der Waals surface area contributed by atoms with E-state index < -0.39 is 35.4 Å². The first-order valence-electron chi connectivity index (χ1n) is 10.2. The van der Waals surface area contributed by atoms with Gasteiger partial charge in [0, 0.05) is 27.6 Å². The molecular formula is C23H25ClFNO5. The number of allylic oxidation sites excluding steroid dienone is 3. The van der Waals surface area contributed by atoms with E-state index in [4.69, 9.17) is 21.1 Å². The number of dihydropyridines is 1. The molecule has 3 atom stereocenters. The Morgan fingerprint density at radius 3 is 2.65 bits per heavy atom. The average molecular weight is 450 g/mol. The Kier molecular flexibility index (Phi) is 6.84. The van der Waals surface area contributed by atoms with E-state index in [1.54, 1.807) is 13.8 Å². The minimum atomic E-state index is -1.10. The second-order valence-corrected chi connectivity index (χ2v) is 8.21. The maximum atomic E-state index is 15.0. The molecule has 8 heteroatoms. The molecule has 0 saturated heterocycles. The Morgan fingerprint density at radius 1 is 1.32 bits per heavy atom. The van der Waals surface area contributed by atoms with Gasteiger partial charge in [0.1, 0.15) is 11.7 Å². The Labute approximate surface area is 185 Å². The van der Waals surface area contributed by atoms with Gasteiger partial charge in [0.15, 0.2) is 5.78 Å². The Balaban J connectivity index is 2.23. The van der Waals surface area contributed by atoms with E-state index in [9.17, 15) is 14.4 Å². The van der Waals surface area contributed by atoms with Crippen molar-refractivity contribution in [1.82, 2.24) is 5.32 Å². The second kappa shape index (κ2) is 9.22. The molecule has 166 valence electrons. The summed E-state index contributed by atoms with van der Waals surface area (Å²) in [7, 11) is 1.22. The highest BCUT2D eigenvalue weighted by atomic mass is 35.5. The van der Waals surface area contributed by atoms with Crippen LogP contribution >= 0.6 is 11.6 Å². The predicted molar refractivity (Wildman–Crippen MR) is 113 cm³/mol. The number of esters is 2. The summed E-state index contributed by atoms with van der Waals surface area (Å²) < 4.78 is 25.2. The van der Waals surface area contributed by atoms with E-state index in [1.165, 1.54) is 25.3 Å². The molecule has 1 heterocycles. The molecule has 1 N–H and O–H groups in total. The van der Waals surface area contributed by atoms with E-state index in [-0.39, 0.29) is 34.3 Å². The summed E-state index contributed by atoms with van der Waals surface area (Å²) in [6.07, 6.45) is 0.962.